The number of carboxylic acid groups (broad SMARTS) is 1. The van der Waals surface area contributed by atoms with Crippen molar-refractivity contribution in [3.05, 3.63) is 40.2 Å². The number of aryl methyl sites for hydroxylation is 3. The van der Waals surface area contributed by atoms with Gasteiger partial charge in [0.05, 0.1) is 6.54 Å². The quantitative estimate of drug-likeness (QED) is 0.822. The zero-order chi connectivity index (χ0) is 18.1. The van der Waals surface area contributed by atoms with Crippen LogP contribution in [-0.4, -0.2) is 36.9 Å². The van der Waals surface area contributed by atoms with Crippen molar-refractivity contribution >= 4 is 5.97 Å². The lowest BCUT2D eigenvalue weighted by atomic mass is 9.91. The highest BCUT2D eigenvalue weighted by Gasteiger charge is 2.28. The number of hydrogen-bond donors (Lipinski definition) is 2. The molecule has 7 nitrogen and oxygen atoms in total. The number of fused-ring (bicyclic) bond motifs is 2. The van der Waals surface area contributed by atoms with Crippen LogP contribution in [0.4, 0.5) is 0 Å². The molecule has 1 atom stereocenters. The van der Waals surface area contributed by atoms with Crippen molar-refractivity contribution in [2.45, 2.75) is 71.0 Å². The first-order valence-electron chi connectivity index (χ1n) is 9.54. The molecule has 2 aliphatic rings. The molecular weight excluding hydrogens is 330 g/mol. The number of nitrogens with zero attached hydrogens (tertiary/aromatic N) is 4. The van der Waals surface area contributed by atoms with Crippen molar-refractivity contribution in [2.24, 2.45) is 0 Å². The molecule has 1 unspecified atom stereocenters. The average molecular weight is 355 g/mol. The van der Waals surface area contributed by atoms with E-state index in [0.717, 1.165) is 55.7 Å². The molecule has 0 radical (unpaired) electrons. The molecule has 0 amide bonds. The number of rotatable bonds is 6. The van der Waals surface area contributed by atoms with E-state index >= 15 is 0 Å². The Morgan fingerprint density at radius 2 is 2.27 bits per heavy atom. The van der Waals surface area contributed by atoms with E-state index in [0.29, 0.717) is 13.0 Å². The van der Waals surface area contributed by atoms with Gasteiger partial charge in [0, 0.05) is 35.7 Å². The van der Waals surface area contributed by atoms with Crippen LogP contribution in [0.3, 0.4) is 0 Å². The molecule has 26 heavy (non-hydrogen) atoms. The minimum absolute atomic E-state index is 0.216. The number of carboxylic acids is 1. The van der Waals surface area contributed by atoms with Crippen molar-refractivity contribution < 1.29 is 9.90 Å². The van der Waals surface area contributed by atoms with Crippen molar-refractivity contribution in [3.8, 4) is 0 Å². The Bertz CT molecular complexity index is 830. The van der Waals surface area contributed by atoms with E-state index in [9.17, 15) is 9.90 Å². The van der Waals surface area contributed by atoms with E-state index in [1.807, 2.05) is 10.9 Å². The highest BCUT2D eigenvalue weighted by molar-refractivity contribution is 5.87. The molecule has 0 aromatic carbocycles. The second-order valence-corrected chi connectivity index (χ2v) is 7.23. The lowest BCUT2D eigenvalue weighted by Crippen LogP contribution is -2.35. The molecule has 0 aliphatic heterocycles. The van der Waals surface area contributed by atoms with Crippen LogP contribution < -0.4 is 5.32 Å². The van der Waals surface area contributed by atoms with Gasteiger partial charge < -0.3 is 10.4 Å². The first kappa shape index (κ1) is 17.1. The summed E-state index contributed by atoms with van der Waals surface area (Å²) >= 11 is 0. The number of aromatic nitrogens is 4. The summed E-state index contributed by atoms with van der Waals surface area (Å²) in [6, 6.07) is 0.233. The third-order valence-corrected chi connectivity index (χ3v) is 5.40. The van der Waals surface area contributed by atoms with Gasteiger partial charge in [-0.05, 0) is 50.5 Å². The fourth-order valence-corrected chi connectivity index (χ4v) is 4.11. The lowest BCUT2D eigenvalue weighted by Gasteiger charge is -2.24. The standard InChI is InChI=1S/C19H25N5O2/c1-2-8-24-16-7-6-13(9-14(16)18(23-24)19(25)26)20-11-17-21-10-12-4-3-5-15(12)22-17/h10,13,20H,2-9,11H2,1H3,(H,25,26). The van der Waals surface area contributed by atoms with Gasteiger partial charge in [0.1, 0.15) is 5.82 Å². The van der Waals surface area contributed by atoms with Gasteiger partial charge in [0.15, 0.2) is 5.69 Å². The molecule has 0 bridgehead atoms. The van der Waals surface area contributed by atoms with Crippen molar-refractivity contribution in [1.29, 1.82) is 0 Å². The van der Waals surface area contributed by atoms with E-state index < -0.39 is 5.97 Å². The van der Waals surface area contributed by atoms with E-state index in [-0.39, 0.29) is 11.7 Å². The van der Waals surface area contributed by atoms with E-state index in [1.54, 1.807) is 0 Å². The Hall–Kier alpha value is -2.28. The first-order chi connectivity index (χ1) is 12.7. The molecule has 2 aliphatic carbocycles. The third kappa shape index (κ3) is 3.23. The molecule has 2 aromatic heterocycles. The normalized spacial score (nSPS) is 18.6. The van der Waals surface area contributed by atoms with E-state index in [1.165, 1.54) is 17.7 Å². The van der Waals surface area contributed by atoms with Gasteiger partial charge in [-0.25, -0.2) is 14.8 Å². The van der Waals surface area contributed by atoms with Gasteiger partial charge in [-0.15, -0.1) is 0 Å². The number of nitrogens with one attached hydrogen (secondary N) is 1. The third-order valence-electron chi connectivity index (χ3n) is 5.40. The lowest BCUT2D eigenvalue weighted by molar-refractivity contribution is 0.0688. The largest absolute Gasteiger partial charge is 0.476 e. The summed E-state index contributed by atoms with van der Waals surface area (Å²) in [6.45, 7) is 3.48. The van der Waals surface area contributed by atoms with Crippen LogP contribution in [0.5, 0.6) is 0 Å². The molecule has 0 saturated heterocycles. The van der Waals surface area contributed by atoms with Gasteiger partial charge >= 0.3 is 5.97 Å². The topological polar surface area (TPSA) is 92.9 Å². The van der Waals surface area contributed by atoms with Gasteiger partial charge in [-0.2, -0.15) is 5.10 Å². The second kappa shape index (κ2) is 7.15. The fourth-order valence-electron chi connectivity index (χ4n) is 4.11. The van der Waals surface area contributed by atoms with Gasteiger partial charge in [0.25, 0.3) is 0 Å². The Kier molecular flexibility index (Phi) is 4.72. The maximum atomic E-state index is 11.6. The van der Waals surface area contributed by atoms with Crippen LogP contribution in [0.15, 0.2) is 6.20 Å². The fraction of sp³-hybridized carbons (Fsp3) is 0.579. The number of hydrogen-bond acceptors (Lipinski definition) is 5. The molecule has 0 saturated carbocycles. The Morgan fingerprint density at radius 1 is 1.38 bits per heavy atom. The maximum absolute atomic E-state index is 11.6. The summed E-state index contributed by atoms with van der Waals surface area (Å²) in [5.41, 5.74) is 4.68. The molecule has 2 N–H and O–H groups in total. The van der Waals surface area contributed by atoms with Crippen LogP contribution >= 0.6 is 0 Å². The summed E-state index contributed by atoms with van der Waals surface area (Å²) < 4.78 is 1.89. The van der Waals surface area contributed by atoms with Crippen LogP contribution in [0.2, 0.25) is 0 Å². The molecule has 138 valence electrons. The van der Waals surface area contributed by atoms with Crippen molar-refractivity contribution in [2.75, 3.05) is 0 Å². The van der Waals surface area contributed by atoms with Crippen molar-refractivity contribution in [1.82, 2.24) is 25.1 Å². The van der Waals surface area contributed by atoms with Gasteiger partial charge in [0.2, 0.25) is 0 Å². The van der Waals surface area contributed by atoms with Gasteiger partial charge in [-0.3, -0.25) is 4.68 Å². The highest BCUT2D eigenvalue weighted by Crippen LogP contribution is 2.25. The van der Waals surface area contributed by atoms with Crippen LogP contribution in [-0.2, 0) is 38.8 Å². The first-order valence-corrected chi connectivity index (χ1v) is 9.54. The summed E-state index contributed by atoms with van der Waals surface area (Å²) in [5.74, 6) is -0.102. The predicted molar refractivity (Wildman–Crippen MR) is 96.2 cm³/mol. The monoisotopic (exact) mass is 355 g/mol. The molecule has 7 heteroatoms. The zero-order valence-electron chi connectivity index (χ0n) is 15.2. The molecule has 2 heterocycles. The minimum Gasteiger partial charge on any atom is -0.476 e. The van der Waals surface area contributed by atoms with Crippen molar-refractivity contribution in [3.63, 3.8) is 0 Å². The molecule has 4 rings (SSSR count). The predicted octanol–water partition coefficient (Wildman–Crippen LogP) is 1.92. The minimum atomic E-state index is -0.932. The summed E-state index contributed by atoms with van der Waals surface area (Å²) in [4.78, 5) is 20.7. The average Bonchev–Trinajstić information content (AvgIpc) is 3.24. The summed E-state index contributed by atoms with van der Waals surface area (Å²) in [5, 5.41) is 17.4. The maximum Gasteiger partial charge on any atom is 0.356 e. The SMILES string of the molecule is CCCn1nc(C(=O)O)c2c1CCC(NCc1ncc3c(n1)CCC3)C2. The smallest absolute Gasteiger partial charge is 0.356 e. The Labute approximate surface area is 152 Å². The Balaban J connectivity index is 1.45. The van der Waals surface area contributed by atoms with Crippen LogP contribution in [0.25, 0.3) is 0 Å². The molecular formula is C19H25N5O2. The molecule has 0 fully saturated rings. The van der Waals surface area contributed by atoms with E-state index in [2.05, 4.69) is 27.3 Å². The number of carbonyl (C=O) groups is 1. The van der Waals surface area contributed by atoms with E-state index in [4.69, 9.17) is 0 Å². The number of aromatic carboxylic acids is 1. The highest BCUT2D eigenvalue weighted by atomic mass is 16.4. The zero-order valence-corrected chi connectivity index (χ0v) is 15.2. The molecule has 2 aromatic rings. The van der Waals surface area contributed by atoms with Gasteiger partial charge in [-0.1, -0.05) is 6.92 Å². The summed E-state index contributed by atoms with van der Waals surface area (Å²) in [6.07, 6.45) is 8.76. The second-order valence-electron chi connectivity index (χ2n) is 7.23. The Morgan fingerprint density at radius 3 is 3.08 bits per heavy atom. The van der Waals surface area contributed by atoms with Crippen LogP contribution in [0, 0.1) is 0 Å². The van der Waals surface area contributed by atoms with Crippen LogP contribution in [0.1, 0.15) is 65.0 Å². The summed E-state index contributed by atoms with van der Waals surface area (Å²) in [7, 11) is 0. The molecule has 0 spiro atoms.